The first-order valence-corrected chi connectivity index (χ1v) is 8.01. The standard InChI is InChI=1S/C16H13BrN2OS/c1-9-6-7-10(8-12(9)17)19-16(20)15-14(18)11-4-2-3-5-13(11)21-15/h2-8H,18H2,1H3,(H,19,20). The Bertz CT molecular complexity index is 841. The molecule has 0 aliphatic carbocycles. The topological polar surface area (TPSA) is 55.1 Å². The van der Waals surface area contributed by atoms with Crippen LogP contribution < -0.4 is 11.1 Å². The van der Waals surface area contributed by atoms with Crippen LogP contribution in [0.3, 0.4) is 0 Å². The number of thiophene rings is 1. The molecule has 21 heavy (non-hydrogen) atoms. The van der Waals surface area contributed by atoms with Crippen molar-refractivity contribution in [3.05, 3.63) is 57.4 Å². The number of amides is 1. The third kappa shape index (κ3) is 2.66. The molecule has 0 fully saturated rings. The van der Waals surface area contributed by atoms with Crippen LogP contribution in [0.25, 0.3) is 10.1 Å². The predicted molar refractivity (Wildman–Crippen MR) is 93.1 cm³/mol. The molecule has 5 heteroatoms. The molecule has 3 rings (SSSR count). The van der Waals surface area contributed by atoms with E-state index in [1.54, 1.807) is 0 Å². The maximum atomic E-state index is 12.4. The van der Waals surface area contributed by atoms with Crippen LogP contribution in [-0.2, 0) is 0 Å². The Morgan fingerprint density at radius 1 is 1.24 bits per heavy atom. The van der Waals surface area contributed by atoms with Gasteiger partial charge in [0, 0.05) is 20.2 Å². The number of nitrogens with two attached hydrogens (primary N) is 1. The molecule has 3 aromatic rings. The van der Waals surface area contributed by atoms with E-state index in [9.17, 15) is 4.79 Å². The van der Waals surface area contributed by atoms with E-state index in [0.717, 1.165) is 25.8 Å². The molecule has 0 saturated carbocycles. The second kappa shape index (κ2) is 5.50. The lowest BCUT2D eigenvalue weighted by atomic mass is 10.2. The van der Waals surface area contributed by atoms with Gasteiger partial charge in [-0.15, -0.1) is 11.3 Å². The van der Waals surface area contributed by atoms with Gasteiger partial charge in [0.2, 0.25) is 0 Å². The highest BCUT2D eigenvalue weighted by atomic mass is 79.9. The zero-order valence-corrected chi connectivity index (χ0v) is 13.7. The average molecular weight is 361 g/mol. The molecule has 1 heterocycles. The van der Waals surface area contributed by atoms with Crippen LogP contribution in [0.2, 0.25) is 0 Å². The van der Waals surface area contributed by atoms with Crippen molar-refractivity contribution < 1.29 is 4.79 Å². The van der Waals surface area contributed by atoms with E-state index in [1.807, 2.05) is 49.4 Å². The van der Waals surface area contributed by atoms with Gasteiger partial charge in [0.05, 0.1) is 5.69 Å². The summed E-state index contributed by atoms with van der Waals surface area (Å²) in [5, 5.41) is 3.82. The molecule has 106 valence electrons. The molecule has 0 aliphatic heterocycles. The van der Waals surface area contributed by atoms with Crippen LogP contribution in [-0.4, -0.2) is 5.91 Å². The lowest BCUT2D eigenvalue weighted by Gasteiger charge is -2.06. The molecule has 1 aromatic heterocycles. The van der Waals surface area contributed by atoms with Gasteiger partial charge < -0.3 is 11.1 Å². The molecule has 2 aromatic carbocycles. The zero-order chi connectivity index (χ0) is 15.0. The highest BCUT2D eigenvalue weighted by molar-refractivity contribution is 9.10. The lowest BCUT2D eigenvalue weighted by Crippen LogP contribution is -2.11. The van der Waals surface area contributed by atoms with Crippen LogP contribution in [0.4, 0.5) is 11.4 Å². The number of fused-ring (bicyclic) bond motifs is 1. The van der Waals surface area contributed by atoms with Crippen molar-refractivity contribution in [3.8, 4) is 0 Å². The number of benzene rings is 2. The number of halogens is 1. The molecule has 0 aliphatic rings. The first-order valence-electron chi connectivity index (χ1n) is 6.41. The number of carbonyl (C=O) groups excluding carboxylic acids is 1. The fourth-order valence-corrected chi connectivity index (χ4v) is 3.49. The van der Waals surface area contributed by atoms with Crippen LogP contribution in [0.5, 0.6) is 0 Å². The zero-order valence-electron chi connectivity index (χ0n) is 11.3. The number of hydrogen-bond acceptors (Lipinski definition) is 3. The highest BCUT2D eigenvalue weighted by Crippen LogP contribution is 2.34. The summed E-state index contributed by atoms with van der Waals surface area (Å²) < 4.78 is 1.98. The Morgan fingerprint density at radius 2 is 2.00 bits per heavy atom. The fraction of sp³-hybridized carbons (Fsp3) is 0.0625. The van der Waals surface area contributed by atoms with Crippen LogP contribution in [0.1, 0.15) is 15.2 Å². The molecular weight excluding hydrogens is 348 g/mol. The molecule has 0 unspecified atom stereocenters. The quantitative estimate of drug-likeness (QED) is 0.688. The Balaban J connectivity index is 1.93. The van der Waals surface area contributed by atoms with Crippen molar-refractivity contribution in [3.63, 3.8) is 0 Å². The van der Waals surface area contributed by atoms with Crippen molar-refractivity contribution in [1.82, 2.24) is 0 Å². The monoisotopic (exact) mass is 360 g/mol. The largest absolute Gasteiger partial charge is 0.397 e. The lowest BCUT2D eigenvalue weighted by molar-refractivity contribution is 0.103. The van der Waals surface area contributed by atoms with Gasteiger partial charge in [-0.3, -0.25) is 4.79 Å². The molecule has 3 N–H and O–H groups in total. The van der Waals surface area contributed by atoms with Crippen molar-refractivity contribution in [2.45, 2.75) is 6.92 Å². The SMILES string of the molecule is Cc1ccc(NC(=O)c2sc3ccccc3c2N)cc1Br. The highest BCUT2D eigenvalue weighted by Gasteiger charge is 2.16. The summed E-state index contributed by atoms with van der Waals surface area (Å²) in [6.45, 7) is 2.00. The molecule has 1 amide bonds. The second-order valence-electron chi connectivity index (χ2n) is 4.76. The smallest absolute Gasteiger partial charge is 0.267 e. The van der Waals surface area contributed by atoms with E-state index < -0.39 is 0 Å². The third-order valence-corrected chi connectivity index (χ3v) is 5.31. The van der Waals surface area contributed by atoms with E-state index in [-0.39, 0.29) is 5.91 Å². The van der Waals surface area contributed by atoms with E-state index >= 15 is 0 Å². The van der Waals surface area contributed by atoms with Crippen LogP contribution in [0, 0.1) is 6.92 Å². The number of aryl methyl sites for hydroxylation is 1. The molecule has 0 atom stereocenters. The summed E-state index contributed by atoms with van der Waals surface area (Å²) in [5.41, 5.74) is 8.49. The summed E-state index contributed by atoms with van der Waals surface area (Å²) in [5.74, 6) is -0.176. The predicted octanol–water partition coefficient (Wildman–Crippen LogP) is 4.81. The van der Waals surface area contributed by atoms with Gasteiger partial charge >= 0.3 is 0 Å². The number of hydrogen-bond donors (Lipinski definition) is 2. The minimum atomic E-state index is -0.176. The maximum Gasteiger partial charge on any atom is 0.267 e. The number of carbonyl (C=O) groups is 1. The summed E-state index contributed by atoms with van der Waals surface area (Å²) in [6.07, 6.45) is 0. The third-order valence-electron chi connectivity index (χ3n) is 3.27. The number of rotatable bonds is 2. The number of anilines is 2. The normalized spacial score (nSPS) is 10.8. The Labute approximate surface area is 134 Å². The van der Waals surface area contributed by atoms with E-state index in [4.69, 9.17) is 5.73 Å². The molecule has 3 nitrogen and oxygen atoms in total. The van der Waals surface area contributed by atoms with Gasteiger partial charge in [0.25, 0.3) is 5.91 Å². The number of nitrogens with one attached hydrogen (secondary N) is 1. The van der Waals surface area contributed by atoms with E-state index in [1.165, 1.54) is 11.3 Å². The molecule has 0 saturated heterocycles. The molecule has 0 spiro atoms. The summed E-state index contributed by atoms with van der Waals surface area (Å²) in [7, 11) is 0. The van der Waals surface area contributed by atoms with Crippen molar-refractivity contribution in [1.29, 1.82) is 0 Å². The fourth-order valence-electron chi connectivity index (χ4n) is 2.09. The average Bonchev–Trinajstić information content (AvgIpc) is 2.81. The van der Waals surface area contributed by atoms with Gasteiger partial charge in [0.15, 0.2) is 0 Å². The van der Waals surface area contributed by atoms with Crippen LogP contribution in [0.15, 0.2) is 46.9 Å². The first kappa shape index (κ1) is 14.1. The van der Waals surface area contributed by atoms with Crippen molar-refractivity contribution in [2.24, 2.45) is 0 Å². The van der Waals surface area contributed by atoms with Gasteiger partial charge in [-0.05, 0) is 30.7 Å². The van der Waals surface area contributed by atoms with Crippen molar-refractivity contribution >= 4 is 54.6 Å². The van der Waals surface area contributed by atoms with Gasteiger partial charge in [-0.2, -0.15) is 0 Å². The Hall–Kier alpha value is -1.85. The Morgan fingerprint density at radius 3 is 2.71 bits per heavy atom. The number of nitrogen functional groups attached to an aromatic ring is 1. The van der Waals surface area contributed by atoms with Crippen molar-refractivity contribution in [2.75, 3.05) is 11.1 Å². The molecule has 0 bridgehead atoms. The van der Waals surface area contributed by atoms with Gasteiger partial charge in [-0.25, -0.2) is 0 Å². The molecular formula is C16H13BrN2OS. The summed E-state index contributed by atoms with van der Waals surface area (Å²) >= 11 is 4.87. The minimum Gasteiger partial charge on any atom is -0.397 e. The second-order valence-corrected chi connectivity index (χ2v) is 6.67. The minimum absolute atomic E-state index is 0.176. The summed E-state index contributed by atoms with van der Waals surface area (Å²) in [6, 6.07) is 13.5. The summed E-state index contributed by atoms with van der Waals surface area (Å²) in [4.78, 5) is 13.0. The first-order chi connectivity index (χ1) is 10.1. The van der Waals surface area contributed by atoms with E-state index in [0.29, 0.717) is 10.6 Å². The maximum absolute atomic E-state index is 12.4. The van der Waals surface area contributed by atoms with Gasteiger partial charge in [0.1, 0.15) is 4.88 Å². The van der Waals surface area contributed by atoms with Gasteiger partial charge in [-0.1, -0.05) is 40.2 Å². The van der Waals surface area contributed by atoms with Crippen LogP contribution >= 0.6 is 27.3 Å². The molecule has 0 radical (unpaired) electrons. The van der Waals surface area contributed by atoms with E-state index in [2.05, 4.69) is 21.2 Å². The Kier molecular flexibility index (Phi) is 3.69.